The van der Waals surface area contributed by atoms with Crippen molar-refractivity contribution in [1.82, 2.24) is 14.5 Å². The molecule has 0 spiro atoms. The van der Waals surface area contributed by atoms with Crippen LogP contribution in [-0.2, 0) is 19.4 Å². The number of aryl methyl sites for hydroxylation is 1. The summed E-state index contributed by atoms with van der Waals surface area (Å²) in [5.74, 6) is 0.989. The summed E-state index contributed by atoms with van der Waals surface area (Å²) in [5, 5.41) is 3.32. The Morgan fingerprint density at radius 1 is 1.26 bits per heavy atom. The van der Waals surface area contributed by atoms with Crippen molar-refractivity contribution in [3.8, 4) is 0 Å². The standard InChI is InChI=1S/C15H20N4/c1-2-16-15-12(6-5-9-17-15)10-19-11-18-13-7-3-4-8-14(13)19/h5-6,9,11H,2-4,7-8,10H2,1H3,(H,16,17). The van der Waals surface area contributed by atoms with E-state index in [-0.39, 0.29) is 0 Å². The molecule has 0 bridgehead atoms. The largest absolute Gasteiger partial charge is 0.370 e. The van der Waals surface area contributed by atoms with Crippen LogP contribution in [0.1, 0.15) is 36.7 Å². The molecule has 19 heavy (non-hydrogen) atoms. The summed E-state index contributed by atoms with van der Waals surface area (Å²) in [6.07, 6.45) is 8.68. The lowest BCUT2D eigenvalue weighted by atomic mass is 10.0. The van der Waals surface area contributed by atoms with E-state index in [1.807, 2.05) is 18.6 Å². The van der Waals surface area contributed by atoms with Gasteiger partial charge in [0.25, 0.3) is 0 Å². The monoisotopic (exact) mass is 256 g/mol. The summed E-state index contributed by atoms with van der Waals surface area (Å²) >= 11 is 0. The minimum atomic E-state index is 0.860. The van der Waals surface area contributed by atoms with Gasteiger partial charge in [-0.2, -0.15) is 0 Å². The first-order valence-electron chi connectivity index (χ1n) is 7.09. The van der Waals surface area contributed by atoms with Gasteiger partial charge < -0.3 is 9.88 Å². The van der Waals surface area contributed by atoms with E-state index in [9.17, 15) is 0 Å². The number of aromatic nitrogens is 3. The Kier molecular flexibility index (Phi) is 3.49. The number of imidazole rings is 1. The van der Waals surface area contributed by atoms with Crippen molar-refractivity contribution in [1.29, 1.82) is 0 Å². The molecular weight excluding hydrogens is 236 g/mol. The molecule has 0 atom stereocenters. The van der Waals surface area contributed by atoms with Crippen molar-refractivity contribution in [3.05, 3.63) is 41.6 Å². The topological polar surface area (TPSA) is 42.7 Å². The zero-order valence-electron chi connectivity index (χ0n) is 11.4. The van der Waals surface area contributed by atoms with Crippen LogP contribution in [0.15, 0.2) is 24.7 Å². The number of hydrogen-bond donors (Lipinski definition) is 1. The fourth-order valence-corrected chi connectivity index (χ4v) is 2.74. The van der Waals surface area contributed by atoms with Gasteiger partial charge in [0.05, 0.1) is 18.6 Å². The Bertz CT molecular complexity index is 559. The molecule has 0 amide bonds. The minimum absolute atomic E-state index is 0.860. The summed E-state index contributed by atoms with van der Waals surface area (Å²) in [6.45, 7) is 3.85. The smallest absolute Gasteiger partial charge is 0.130 e. The summed E-state index contributed by atoms with van der Waals surface area (Å²) in [6, 6.07) is 4.14. The van der Waals surface area contributed by atoms with Crippen LogP contribution in [0.5, 0.6) is 0 Å². The van der Waals surface area contributed by atoms with Crippen LogP contribution in [-0.4, -0.2) is 21.1 Å². The fraction of sp³-hybridized carbons (Fsp3) is 0.467. The van der Waals surface area contributed by atoms with Crippen molar-refractivity contribution < 1.29 is 0 Å². The molecule has 2 heterocycles. The van der Waals surface area contributed by atoms with Crippen LogP contribution in [0.4, 0.5) is 5.82 Å². The van der Waals surface area contributed by atoms with E-state index in [4.69, 9.17) is 0 Å². The van der Waals surface area contributed by atoms with Gasteiger partial charge in [0.1, 0.15) is 5.82 Å². The van der Waals surface area contributed by atoms with Crippen LogP contribution in [0.2, 0.25) is 0 Å². The van der Waals surface area contributed by atoms with E-state index in [0.29, 0.717) is 0 Å². The SMILES string of the molecule is CCNc1ncccc1Cn1cnc2c1CCCC2. The van der Waals surface area contributed by atoms with Gasteiger partial charge in [0.15, 0.2) is 0 Å². The number of pyridine rings is 1. The second-order valence-electron chi connectivity index (χ2n) is 5.01. The first-order chi connectivity index (χ1) is 9.38. The number of hydrogen-bond acceptors (Lipinski definition) is 3. The molecule has 2 aromatic heterocycles. The highest BCUT2D eigenvalue weighted by Crippen LogP contribution is 2.22. The maximum Gasteiger partial charge on any atom is 0.130 e. The molecule has 0 aliphatic heterocycles. The third-order valence-electron chi connectivity index (χ3n) is 3.69. The normalized spacial score (nSPS) is 14.2. The lowest BCUT2D eigenvalue weighted by Gasteiger charge is -2.15. The molecule has 1 N–H and O–H groups in total. The summed E-state index contributed by atoms with van der Waals surface area (Å²) in [7, 11) is 0. The van der Waals surface area contributed by atoms with Crippen LogP contribution in [0.3, 0.4) is 0 Å². The molecule has 0 unspecified atom stereocenters. The lowest BCUT2D eigenvalue weighted by molar-refractivity contribution is 0.628. The van der Waals surface area contributed by atoms with Crippen molar-refractivity contribution >= 4 is 5.82 Å². The zero-order valence-corrected chi connectivity index (χ0v) is 11.4. The van der Waals surface area contributed by atoms with Gasteiger partial charge in [-0.1, -0.05) is 6.07 Å². The summed E-state index contributed by atoms with van der Waals surface area (Å²) in [5.41, 5.74) is 3.94. The predicted octanol–water partition coefficient (Wildman–Crippen LogP) is 2.64. The number of nitrogens with zero attached hydrogens (tertiary/aromatic N) is 3. The van der Waals surface area contributed by atoms with Gasteiger partial charge in [0, 0.05) is 24.0 Å². The Morgan fingerprint density at radius 3 is 3.05 bits per heavy atom. The Balaban J connectivity index is 1.87. The van der Waals surface area contributed by atoms with E-state index in [0.717, 1.165) is 31.7 Å². The highest BCUT2D eigenvalue weighted by Gasteiger charge is 2.15. The summed E-state index contributed by atoms with van der Waals surface area (Å²) in [4.78, 5) is 8.97. The molecular formula is C15H20N4. The lowest BCUT2D eigenvalue weighted by Crippen LogP contribution is -2.11. The second-order valence-corrected chi connectivity index (χ2v) is 5.01. The zero-order chi connectivity index (χ0) is 13.1. The minimum Gasteiger partial charge on any atom is -0.370 e. The number of fused-ring (bicyclic) bond motifs is 1. The van der Waals surface area contributed by atoms with E-state index >= 15 is 0 Å². The van der Waals surface area contributed by atoms with Crippen molar-refractivity contribution in [2.45, 2.75) is 39.2 Å². The van der Waals surface area contributed by atoms with Crippen LogP contribution >= 0.6 is 0 Å². The molecule has 100 valence electrons. The van der Waals surface area contributed by atoms with Gasteiger partial charge in [-0.05, 0) is 38.7 Å². The Labute approximate surface area is 113 Å². The van der Waals surface area contributed by atoms with Gasteiger partial charge in [-0.25, -0.2) is 9.97 Å². The average Bonchev–Trinajstić information content (AvgIpc) is 2.85. The highest BCUT2D eigenvalue weighted by atomic mass is 15.1. The van der Waals surface area contributed by atoms with Crippen LogP contribution in [0, 0.1) is 0 Å². The van der Waals surface area contributed by atoms with Gasteiger partial charge >= 0.3 is 0 Å². The maximum atomic E-state index is 4.55. The number of rotatable bonds is 4. The Morgan fingerprint density at radius 2 is 2.16 bits per heavy atom. The van der Waals surface area contributed by atoms with Gasteiger partial charge in [-0.15, -0.1) is 0 Å². The number of nitrogens with one attached hydrogen (secondary N) is 1. The third-order valence-corrected chi connectivity index (χ3v) is 3.69. The molecule has 0 radical (unpaired) electrons. The van der Waals surface area contributed by atoms with E-state index in [2.05, 4.69) is 32.8 Å². The van der Waals surface area contributed by atoms with Crippen LogP contribution in [0.25, 0.3) is 0 Å². The quantitative estimate of drug-likeness (QED) is 0.914. The summed E-state index contributed by atoms with van der Waals surface area (Å²) < 4.78 is 2.28. The molecule has 0 aromatic carbocycles. The molecule has 2 aromatic rings. The molecule has 3 rings (SSSR count). The molecule has 1 aliphatic carbocycles. The number of anilines is 1. The third kappa shape index (κ3) is 2.48. The first-order valence-corrected chi connectivity index (χ1v) is 7.09. The van der Waals surface area contributed by atoms with E-state index in [1.165, 1.54) is 29.8 Å². The maximum absolute atomic E-state index is 4.55. The first kappa shape index (κ1) is 12.2. The molecule has 4 heteroatoms. The molecule has 0 saturated heterocycles. The van der Waals surface area contributed by atoms with E-state index in [1.54, 1.807) is 0 Å². The fourth-order valence-electron chi connectivity index (χ4n) is 2.74. The van der Waals surface area contributed by atoms with Crippen molar-refractivity contribution in [3.63, 3.8) is 0 Å². The predicted molar refractivity (Wildman–Crippen MR) is 76.4 cm³/mol. The van der Waals surface area contributed by atoms with Crippen molar-refractivity contribution in [2.24, 2.45) is 0 Å². The highest BCUT2D eigenvalue weighted by molar-refractivity contribution is 5.43. The Hall–Kier alpha value is -1.84. The van der Waals surface area contributed by atoms with Crippen molar-refractivity contribution in [2.75, 3.05) is 11.9 Å². The second kappa shape index (κ2) is 5.43. The molecule has 0 saturated carbocycles. The molecule has 1 aliphatic rings. The van der Waals surface area contributed by atoms with Gasteiger partial charge in [-0.3, -0.25) is 0 Å². The van der Waals surface area contributed by atoms with Gasteiger partial charge in [0.2, 0.25) is 0 Å². The average molecular weight is 256 g/mol. The molecule has 0 fully saturated rings. The van der Waals surface area contributed by atoms with Crippen LogP contribution < -0.4 is 5.32 Å². The van der Waals surface area contributed by atoms with E-state index < -0.39 is 0 Å². The molecule has 4 nitrogen and oxygen atoms in total.